The number of hydrogen-bond acceptors (Lipinski definition) is 5. The van der Waals surface area contributed by atoms with E-state index in [1.54, 1.807) is 12.3 Å². The zero-order valence-corrected chi connectivity index (χ0v) is 14.5. The van der Waals surface area contributed by atoms with Crippen molar-refractivity contribution >= 4 is 5.82 Å². The van der Waals surface area contributed by atoms with E-state index < -0.39 is 17.5 Å². The molecule has 0 bridgehead atoms. The maximum Gasteiger partial charge on any atom is 0.416 e. The Kier molecular flexibility index (Phi) is 4.69. The van der Waals surface area contributed by atoms with Crippen molar-refractivity contribution in [2.75, 3.05) is 31.2 Å². The molecule has 0 radical (unpaired) electrons. The zero-order chi connectivity index (χ0) is 18.9. The van der Waals surface area contributed by atoms with Crippen molar-refractivity contribution in [3.05, 3.63) is 48.2 Å². The van der Waals surface area contributed by atoms with Gasteiger partial charge in [0.15, 0.2) is 5.79 Å². The minimum Gasteiger partial charge on any atom is -0.456 e. The van der Waals surface area contributed by atoms with Crippen molar-refractivity contribution < 1.29 is 27.4 Å². The third-order valence-corrected chi connectivity index (χ3v) is 4.80. The number of aromatic nitrogens is 1. The molecule has 144 valence electrons. The van der Waals surface area contributed by atoms with Crippen LogP contribution >= 0.6 is 0 Å². The van der Waals surface area contributed by atoms with Crippen LogP contribution in [-0.4, -0.2) is 37.1 Å². The molecule has 1 aromatic carbocycles. The second kappa shape index (κ2) is 7.01. The van der Waals surface area contributed by atoms with Crippen LogP contribution in [0.25, 0.3) is 0 Å². The number of rotatable bonds is 3. The molecular formula is C19H19F3N2O3. The molecule has 2 aliphatic rings. The summed E-state index contributed by atoms with van der Waals surface area (Å²) in [5.41, 5.74) is -0.707. The predicted octanol–water partition coefficient (Wildman–Crippen LogP) is 4.24. The molecule has 2 saturated heterocycles. The Bertz CT molecular complexity index is 762. The standard InChI is InChI=1S/C19H19F3N2O3/c20-19(21,22)14-1-3-15(4-2-14)27-16-5-6-17(23-13-16)24-9-7-18(8-10-24)25-11-12-26-18/h1-6,13H,7-12H2. The van der Waals surface area contributed by atoms with Gasteiger partial charge in [-0.3, -0.25) is 0 Å². The number of pyridine rings is 1. The highest BCUT2D eigenvalue weighted by molar-refractivity contribution is 5.42. The normalized spacial score (nSPS) is 19.4. The molecule has 2 aliphatic heterocycles. The summed E-state index contributed by atoms with van der Waals surface area (Å²) in [6.07, 6.45) is -1.21. The quantitative estimate of drug-likeness (QED) is 0.797. The number of anilines is 1. The summed E-state index contributed by atoms with van der Waals surface area (Å²) in [4.78, 5) is 6.56. The van der Waals surface area contributed by atoms with Gasteiger partial charge in [-0.15, -0.1) is 0 Å². The number of alkyl halides is 3. The van der Waals surface area contributed by atoms with Gasteiger partial charge in [-0.2, -0.15) is 13.2 Å². The summed E-state index contributed by atoms with van der Waals surface area (Å²) >= 11 is 0. The zero-order valence-electron chi connectivity index (χ0n) is 14.5. The maximum absolute atomic E-state index is 12.6. The Labute approximate surface area is 154 Å². The maximum atomic E-state index is 12.6. The fourth-order valence-corrected chi connectivity index (χ4v) is 3.33. The van der Waals surface area contributed by atoms with E-state index in [9.17, 15) is 13.2 Å². The molecule has 2 aromatic rings. The Morgan fingerprint density at radius 1 is 0.926 bits per heavy atom. The first-order chi connectivity index (χ1) is 12.9. The Morgan fingerprint density at radius 3 is 2.11 bits per heavy atom. The van der Waals surface area contributed by atoms with E-state index in [1.165, 1.54) is 12.1 Å². The summed E-state index contributed by atoms with van der Waals surface area (Å²) in [5.74, 6) is 1.19. The highest BCUT2D eigenvalue weighted by Gasteiger charge is 2.40. The van der Waals surface area contributed by atoms with E-state index in [1.807, 2.05) is 6.07 Å². The van der Waals surface area contributed by atoms with Crippen LogP contribution in [0.2, 0.25) is 0 Å². The van der Waals surface area contributed by atoms with Gasteiger partial charge in [0.2, 0.25) is 0 Å². The van der Waals surface area contributed by atoms with Gasteiger partial charge in [0.05, 0.1) is 25.0 Å². The number of nitrogens with zero attached hydrogens (tertiary/aromatic N) is 2. The average Bonchev–Trinajstić information content (AvgIpc) is 3.11. The first-order valence-electron chi connectivity index (χ1n) is 8.78. The van der Waals surface area contributed by atoms with Crippen LogP contribution in [-0.2, 0) is 15.7 Å². The second-order valence-electron chi connectivity index (χ2n) is 6.57. The predicted molar refractivity (Wildman–Crippen MR) is 91.8 cm³/mol. The molecule has 27 heavy (non-hydrogen) atoms. The molecule has 5 nitrogen and oxygen atoms in total. The molecule has 0 unspecified atom stereocenters. The third kappa shape index (κ3) is 4.01. The summed E-state index contributed by atoms with van der Waals surface area (Å²) in [5, 5.41) is 0. The van der Waals surface area contributed by atoms with Crippen LogP contribution in [0.3, 0.4) is 0 Å². The van der Waals surface area contributed by atoms with Crippen LogP contribution < -0.4 is 9.64 Å². The fourth-order valence-electron chi connectivity index (χ4n) is 3.33. The largest absolute Gasteiger partial charge is 0.456 e. The van der Waals surface area contributed by atoms with Crippen LogP contribution in [0.4, 0.5) is 19.0 Å². The molecule has 0 N–H and O–H groups in total. The third-order valence-electron chi connectivity index (χ3n) is 4.80. The fraction of sp³-hybridized carbons (Fsp3) is 0.421. The van der Waals surface area contributed by atoms with Gasteiger partial charge >= 0.3 is 6.18 Å². The first kappa shape index (κ1) is 18.1. The molecule has 0 amide bonds. The number of ether oxygens (including phenoxy) is 3. The highest BCUT2D eigenvalue weighted by Crippen LogP contribution is 2.34. The van der Waals surface area contributed by atoms with E-state index in [-0.39, 0.29) is 0 Å². The van der Waals surface area contributed by atoms with Crippen LogP contribution in [0.15, 0.2) is 42.6 Å². The van der Waals surface area contributed by atoms with Crippen molar-refractivity contribution in [3.8, 4) is 11.5 Å². The molecule has 0 saturated carbocycles. The topological polar surface area (TPSA) is 43.8 Å². The molecule has 1 spiro atoms. The minimum atomic E-state index is -4.36. The number of hydrogen-bond donors (Lipinski definition) is 0. The SMILES string of the molecule is FC(F)(F)c1ccc(Oc2ccc(N3CCC4(CC3)OCCO4)nc2)cc1. The van der Waals surface area contributed by atoms with Gasteiger partial charge in [0.25, 0.3) is 0 Å². The van der Waals surface area contributed by atoms with Gasteiger partial charge in [0.1, 0.15) is 17.3 Å². The average molecular weight is 380 g/mol. The summed E-state index contributed by atoms with van der Waals surface area (Å²) in [7, 11) is 0. The van der Waals surface area contributed by atoms with Gasteiger partial charge in [-0.05, 0) is 36.4 Å². The first-order valence-corrected chi connectivity index (χ1v) is 8.78. The Balaban J connectivity index is 1.36. The lowest BCUT2D eigenvalue weighted by Crippen LogP contribution is -2.45. The lowest BCUT2D eigenvalue weighted by Gasteiger charge is -2.38. The van der Waals surface area contributed by atoms with Crippen LogP contribution in [0.1, 0.15) is 18.4 Å². The number of benzene rings is 1. The van der Waals surface area contributed by atoms with Crippen LogP contribution in [0, 0.1) is 0 Å². The molecule has 0 aliphatic carbocycles. The smallest absolute Gasteiger partial charge is 0.416 e. The van der Waals surface area contributed by atoms with E-state index in [0.29, 0.717) is 24.7 Å². The summed E-state index contributed by atoms with van der Waals surface area (Å²) in [6.45, 7) is 2.86. The van der Waals surface area contributed by atoms with Crippen molar-refractivity contribution in [1.29, 1.82) is 0 Å². The number of halogens is 3. The van der Waals surface area contributed by atoms with Gasteiger partial charge in [-0.25, -0.2) is 4.98 Å². The van der Waals surface area contributed by atoms with Gasteiger partial charge in [0, 0.05) is 25.9 Å². The molecule has 4 rings (SSSR count). The van der Waals surface area contributed by atoms with Crippen LogP contribution in [0.5, 0.6) is 11.5 Å². The highest BCUT2D eigenvalue weighted by atomic mass is 19.4. The van der Waals surface area contributed by atoms with E-state index >= 15 is 0 Å². The Morgan fingerprint density at radius 2 is 1.56 bits per heavy atom. The summed E-state index contributed by atoms with van der Waals surface area (Å²) < 4.78 is 54.8. The van der Waals surface area contributed by atoms with E-state index in [0.717, 1.165) is 43.9 Å². The Hall–Kier alpha value is -2.32. The van der Waals surface area contributed by atoms with Crippen molar-refractivity contribution in [2.45, 2.75) is 24.8 Å². The van der Waals surface area contributed by atoms with Crippen molar-refractivity contribution in [3.63, 3.8) is 0 Å². The monoisotopic (exact) mass is 380 g/mol. The van der Waals surface area contributed by atoms with Gasteiger partial charge < -0.3 is 19.1 Å². The second-order valence-corrected chi connectivity index (χ2v) is 6.57. The lowest BCUT2D eigenvalue weighted by atomic mass is 10.0. The molecule has 0 atom stereocenters. The molecule has 2 fully saturated rings. The van der Waals surface area contributed by atoms with Crippen molar-refractivity contribution in [1.82, 2.24) is 4.98 Å². The van der Waals surface area contributed by atoms with Crippen molar-refractivity contribution in [2.24, 2.45) is 0 Å². The molecule has 1 aromatic heterocycles. The summed E-state index contributed by atoms with van der Waals surface area (Å²) in [6, 6.07) is 8.17. The number of piperidine rings is 1. The lowest BCUT2D eigenvalue weighted by molar-refractivity contribution is -0.169. The van der Waals surface area contributed by atoms with Gasteiger partial charge in [-0.1, -0.05) is 0 Å². The molecule has 3 heterocycles. The molecule has 8 heteroatoms. The minimum absolute atomic E-state index is 0.327. The molecular weight excluding hydrogens is 361 g/mol. The van der Waals surface area contributed by atoms with E-state index in [4.69, 9.17) is 14.2 Å². The van der Waals surface area contributed by atoms with E-state index in [2.05, 4.69) is 9.88 Å².